The molecule has 82 valence electrons. The number of halogens is 2. The average Bonchev–Trinajstić information content (AvgIpc) is 2.18. The first-order chi connectivity index (χ1) is 7.00. The maximum atomic E-state index is 11.1. The molecule has 2 amide bonds. The zero-order chi connectivity index (χ0) is 11.4. The minimum Gasteiger partial charge on any atom is -0.376 e. The SMILES string of the molecule is CN(C)C(=O)NOc1cc(Cl)ccc1Cl. The molecule has 0 aliphatic carbocycles. The first kappa shape index (κ1) is 11.9. The highest BCUT2D eigenvalue weighted by Gasteiger charge is 2.06. The van der Waals surface area contributed by atoms with Crippen LogP contribution in [0.15, 0.2) is 18.2 Å². The smallest absolute Gasteiger partial charge is 0.349 e. The highest BCUT2D eigenvalue weighted by atomic mass is 35.5. The van der Waals surface area contributed by atoms with Crippen molar-refractivity contribution in [1.29, 1.82) is 0 Å². The Morgan fingerprint density at radius 2 is 2.07 bits per heavy atom. The quantitative estimate of drug-likeness (QED) is 0.818. The van der Waals surface area contributed by atoms with Crippen LogP contribution in [0.4, 0.5) is 4.79 Å². The second-order valence-electron chi connectivity index (χ2n) is 2.98. The van der Waals surface area contributed by atoms with Gasteiger partial charge in [0.25, 0.3) is 0 Å². The number of carbonyl (C=O) groups excluding carboxylic acids is 1. The Kier molecular flexibility index (Phi) is 4.05. The lowest BCUT2D eigenvalue weighted by Gasteiger charge is -2.13. The molecule has 0 aliphatic heterocycles. The van der Waals surface area contributed by atoms with E-state index in [0.717, 1.165) is 0 Å². The summed E-state index contributed by atoms with van der Waals surface area (Å²) >= 11 is 11.5. The van der Waals surface area contributed by atoms with Crippen LogP contribution in [0, 0.1) is 0 Å². The van der Waals surface area contributed by atoms with Crippen molar-refractivity contribution >= 4 is 29.2 Å². The molecule has 0 unspecified atom stereocenters. The van der Waals surface area contributed by atoms with Crippen LogP contribution in [0.5, 0.6) is 5.75 Å². The third kappa shape index (κ3) is 3.49. The predicted molar refractivity (Wildman–Crippen MR) is 59.3 cm³/mol. The normalized spacial score (nSPS) is 9.60. The van der Waals surface area contributed by atoms with Gasteiger partial charge in [-0.2, -0.15) is 5.48 Å². The van der Waals surface area contributed by atoms with Crippen molar-refractivity contribution in [2.45, 2.75) is 0 Å². The largest absolute Gasteiger partial charge is 0.376 e. The average molecular weight is 249 g/mol. The Morgan fingerprint density at radius 3 is 2.67 bits per heavy atom. The minimum atomic E-state index is -0.383. The Morgan fingerprint density at radius 1 is 1.40 bits per heavy atom. The van der Waals surface area contributed by atoms with Gasteiger partial charge in [-0.3, -0.25) is 0 Å². The molecule has 1 aromatic rings. The van der Waals surface area contributed by atoms with Crippen molar-refractivity contribution in [3.63, 3.8) is 0 Å². The van der Waals surface area contributed by atoms with E-state index in [1.807, 2.05) is 0 Å². The molecule has 0 saturated heterocycles. The van der Waals surface area contributed by atoms with E-state index in [4.69, 9.17) is 28.0 Å². The van der Waals surface area contributed by atoms with E-state index >= 15 is 0 Å². The third-order valence-corrected chi connectivity index (χ3v) is 2.10. The van der Waals surface area contributed by atoms with Crippen LogP contribution in [-0.2, 0) is 0 Å². The zero-order valence-electron chi connectivity index (χ0n) is 8.25. The number of hydrogen-bond donors (Lipinski definition) is 1. The molecule has 15 heavy (non-hydrogen) atoms. The van der Waals surface area contributed by atoms with Crippen LogP contribution >= 0.6 is 23.2 Å². The van der Waals surface area contributed by atoms with E-state index in [1.54, 1.807) is 26.2 Å². The maximum absolute atomic E-state index is 11.1. The van der Waals surface area contributed by atoms with Gasteiger partial charge < -0.3 is 9.74 Å². The topological polar surface area (TPSA) is 41.6 Å². The van der Waals surface area contributed by atoms with Gasteiger partial charge in [-0.15, -0.1) is 0 Å². The maximum Gasteiger partial charge on any atom is 0.349 e. The summed E-state index contributed by atoms with van der Waals surface area (Å²) < 4.78 is 0. The number of carbonyl (C=O) groups is 1. The van der Waals surface area contributed by atoms with E-state index in [1.165, 1.54) is 11.0 Å². The van der Waals surface area contributed by atoms with E-state index in [9.17, 15) is 4.79 Å². The van der Waals surface area contributed by atoms with E-state index in [2.05, 4.69) is 5.48 Å². The zero-order valence-corrected chi connectivity index (χ0v) is 9.76. The fraction of sp³-hybridized carbons (Fsp3) is 0.222. The Bertz CT molecular complexity index is 369. The molecule has 4 nitrogen and oxygen atoms in total. The Hall–Kier alpha value is -1.13. The van der Waals surface area contributed by atoms with Gasteiger partial charge in [-0.25, -0.2) is 4.79 Å². The van der Waals surface area contributed by atoms with Gasteiger partial charge in [0, 0.05) is 25.2 Å². The van der Waals surface area contributed by atoms with Crippen molar-refractivity contribution in [3.05, 3.63) is 28.2 Å². The summed E-state index contributed by atoms with van der Waals surface area (Å²) in [5.74, 6) is 0.305. The highest BCUT2D eigenvalue weighted by Crippen LogP contribution is 2.26. The van der Waals surface area contributed by atoms with Crippen LogP contribution < -0.4 is 10.3 Å². The monoisotopic (exact) mass is 248 g/mol. The standard InChI is InChI=1S/C9H10Cl2N2O2/c1-13(2)9(14)12-15-8-5-6(10)3-4-7(8)11/h3-5H,1-2H3,(H,12,14). The molecule has 0 atom stereocenters. The van der Waals surface area contributed by atoms with Crippen LogP contribution in [-0.4, -0.2) is 25.0 Å². The van der Waals surface area contributed by atoms with Crippen LogP contribution in [0.1, 0.15) is 0 Å². The van der Waals surface area contributed by atoms with Gasteiger partial charge in [0.15, 0.2) is 5.75 Å². The fourth-order valence-electron chi connectivity index (χ4n) is 0.745. The molecule has 1 N–H and O–H groups in total. The second kappa shape index (κ2) is 5.09. The van der Waals surface area contributed by atoms with Gasteiger partial charge in [-0.05, 0) is 12.1 Å². The van der Waals surface area contributed by atoms with Crippen LogP contribution in [0.3, 0.4) is 0 Å². The Balaban J connectivity index is 2.65. The van der Waals surface area contributed by atoms with Gasteiger partial charge in [-0.1, -0.05) is 23.2 Å². The third-order valence-electron chi connectivity index (χ3n) is 1.55. The van der Waals surface area contributed by atoms with Gasteiger partial charge in [0.05, 0.1) is 5.02 Å². The van der Waals surface area contributed by atoms with Crippen molar-refractivity contribution < 1.29 is 9.63 Å². The number of rotatable bonds is 2. The summed E-state index contributed by atoms with van der Waals surface area (Å²) in [7, 11) is 3.19. The van der Waals surface area contributed by atoms with E-state index in [0.29, 0.717) is 15.8 Å². The lowest BCUT2D eigenvalue weighted by molar-refractivity contribution is 0.157. The number of hydroxylamine groups is 1. The van der Waals surface area contributed by atoms with Crippen molar-refractivity contribution in [2.24, 2.45) is 0 Å². The number of benzene rings is 1. The van der Waals surface area contributed by atoms with Crippen LogP contribution in [0.2, 0.25) is 10.0 Å². The number of amides is 2. The van der Waals surface area contributed by atoms with Crippen molar-refractivity contribution in [3.8, 4) is 5.75 Å². The number of hydrogen-bond acceptors (Lipinski definition) is 2. The lowest BCUT2D eigenvalue weighted by Crippen LogP contribution is -2.36. The molecule has 6 heteroatoms. The van der Waals surface area contributed by atoms with Gasteiger partial charge in [0.1, 0.15) is 0 Å². The first-order valence-electron chi connectivity index (χ1n) is 4.10. The molecule has 0 saturated carbocycles. The summed E-state index contributed by atoms with van der Waals surface area (Å²) in [4.78, 5) is 17.4. The molecular weight excluding hydrogens is 239 g/mol. The molecule has 1 aromatic carbocycles. The molecule has 1 rings (SSSR count). The van der Waals surface area contributed by atoms with Crippen LogP contribution in [0.25, 0.3) is 0 Å². The second-order valence-corrected chi connectivity index (χ2v) is 3.82. The van der Waals surface area contributed by atoms with Crippen molar-refractivity contribution in [1.82, 2.24) is 10.4 Å². The molecule has 0 radical (unpaired) electrons. The predicted octanol–water partition coefficient (Wildman–Crippen LogP) is 2.56. The molecule has 0 spiro atoms. The summed E-state index contributed by atoms with van der Waals surface area (Å²) in [5.41, 5.74) is 2.21. The summed E-state index contributed by atoms with van der Waals surface area (Å²) in [5, 5.41) is 0.854. The Labute approximate surface area is 97.7 Å². The summed E-state index contributed by atoms with van der Waals surface area (Å²) in [6.07, 6.45) is 0. The number of urea groups is 1. The number of nitrogens with one attached hydrogen (secondary N) is 1. The lowest BCUT2D eigenvalue weighted by atomic mass is 10.3. The summed E-state index contributed by atoms with van der Waals surface area (Å²) in [6, 6.07) is 4.34. The fourth-order valence-corrected chi connectivity index (χ4v) is 1.06. The molecule has 0 aliphatic rings. The van der Waals surface area contributed by atoms with Gasteiger partial charge in [0.2, 0.25) is 0 Å². The molecule has 0 heterocycles. The minimum absolute atomic E-state index is 0.305. The molecule has 0 bridgehead atoms. The summed E-state index contributed by atoms with van der Waals surface area (Å²) in [6.45, 7) is 0. The van der Waals surface area contributed by atoms with E-state index in [-0.39, 0.29) is 6.03 Å². The number of nitrogens with zero attached hydrogens (tertiary/aromatic N) is 1. The molecular formula is C9H10Cl2N2O2. The van der Waals surface area contributed by atoms with E-state index < -0.39 is 0 Å². The first-order valence-corrected chi connectivity index (χ1v) is 4.85. The highest BCUT2D eigenvalue weighted by molar-refractivity contribution is 6.34. The van der Waals surface area contributed by atoms with Gasteiger partial charge >= 0.3 is 6.03 Å². The molecule has 0 aromatic heterocycles. The molecule has 0 fully saturated rings. The van der Waals surface area contributed by atoms with Crippen molar-refractivity contribution in [2.75, 3.05) is 14.1 Å².